The van der Waals surface area contributed by atoms with E-state index in [1.807, 2.05) is 42.5 Å². The molecule has 4 nitrogen and oxygen atoms in total. The molecule has 0 N–H and O–H groups in total. The van der Waals surface area contributed by atoms with Crippen LogP contribution in [0.4, 0.5) is 17.1 Å². The van der Waals surface area contributed by atoms with Crippen LogP contribution in [-0.2, 0) is 0 Å². The third kappa shape index (κ3) is 3.81. The van der Waals surface area contributed by atoms with E-state index < -0.39 is 0 Å². The lowest BCUT2D eigenvalue weighted by Gasteiger charge is -2.27. The second kappa shape index (κ2) is 9.33. The number of rotatable bonds is 4. The van der Waals surface area contributed by atoms with Gasteiger partial charge in [0, 0.05) is 45.2 Å². The molecule has 0 amide bonds. The van der Waals surface area contributed by atoms with Crippen molar-refractivity contribution in [2.24, 2.45) is 0 Å². The van der Waals surface area contributed by atoms with Gasteiger partial charge in [-0.05, 0) is 64.7 Å². The fourth-order valence-electron chi connectivity index (χ4n) is 6.25. The third-order valence-corrected chi connectivity index (χ3v) is 8.25. The van der Waals surface area contributed by atoms with Gasteiger partial charge in [0.2, 0.25) is 5.89 Å². The number of furan rings is 1. The highest BCUT2D eigenvalue weighted by Crippen LogP contribution is 2.43. The quantitative estimate of drug-likeness (QED) is 0.204. The number of para-hydroxylation sites is 1. The SMILES string of the molecule is c1ccc(-c2nc3cc4oc5cc(N(c6ccccc6)c6cc7ccccc7c7ccccc67)ccc5c4cc3o2)cc1. The van der Waals surface area contributed by atoms with Gasteiger partial charge in [0.15, 0.2) is 5.58 Å². The van der Waals surface area contributed by atoms with Gasteiger partial charge in [-0.25, -0.2) is 4.98 Å². The van der Waals surface area contributed by atoms with Crippen molar-refractivity contribution in [3.63, 3.8) is 0 Å². The Labute approximate surface area is 247 Å². The Balaban J connectivity index is 1.24. The number of oxazole rings is 1. The van der Waals surface area contributed by atoms with Gasteiger partial charge in [-0.1, -0.05) is 84.9 Å². The second-order valence-electron chi connectivity index (χ2n) is 10.8. The number of benzene rings is 7. The van der Waals surface area contributed by atoms with Gasteiger partial charge in [0.05, 0.1) is 5.69 Å². The van der Waals surface area contributed by atoms with Crippen LogP contribution in [0.25, 0.3) is 66.0 Å². The first-order valence-electron chi connectivity index (χ1n) is 14.4. The van der Waals surface area contributed by atoms with Crippen LogP contribution in [0.3, 0.4) is 0 Å². The zero-order valence-electron chi connectivity index (χ0n) is 23.1. The average molecular weight is 553 g/mol. The Morgan fingerprint density at radius 3 is 1.98 bits per heavy atom. The summed E-state index contributed by atoms with van der Waals surface area (Å²) in [6, 6.07) is 50.5. The molecule has 202 valence electrons. The molecule has 0 bridgehead atoms. The lowest BCUT2D eigenvalue weighted by molar-refractivity contribution is 0.620. The minimum Gasteiger partial charge on any atom is -0.456 e. The van der Waals surface area contributed by atoms with E-state index in [1.165, 1.54) is 21.5 Å². The molecule has 7 aromatic carbocycles. The van der Waals surface area contributed by atoms with Crippen molar-refractivity contribution in [3.05, 3.63) is 146 Å². The molecule has 9 rings (SSSR count). The summed E-state index contributed by atoms with van der Waals surface area (Å²) >= 11 is 0. The fourth-order valence-corrected chi connectivity index (χ4v) is 6.25. The summed E-state index contributed by atoms with van der Waals surface area (Å²) in [5.74, 6) is 0.607. The van der Waals surface area contributed by atoms with Crippen LogP contribution in [0.2, 0.25) is 0 Å². The molecule has 0 saturated carbocycles. The molecule has 0 fully saturated rings. The zero-order chi connectivity index (χ0) is 28.3. The van der Waals surface area contributed by atoms with Crippen molar-refractivity contribution < 1.29 is 8.83 Å². The second-order valence-corrected chi connectivity index (χ2v) is 10.8. The summed E-state index contributed by atoms with van der Waals surface area (Å²) in [6.45, 7) is 0. The van der Waals surface area contributed by atoms with Crippen molar-refractivity contribution in [3.8, 4) is 11.5 Å². The monoisotopic (exact) mass is 552 g/mol. The first-order valence-corrected chi connectivity index (χ1v) is 14.4. The van der Waals surface area contributed by atoms with Crippen LogP contribution in [0, 0.1) is 0 Å². The molecule has 9 aromatic rings. The van der Waals surface area contributed by atoms with Gasteiger partial charge in [-0.2, -0.15) is 0 Å². The topological polar surface area (TPSA) is 42.4 Å². The maximum absolute atomic E-state index is 6.49. The zero-order valence-corrected chi connectivity index (χ0v) is 23.1. The molecule has 43 heavy (non-hydrogen) atoms. The normalized spacial score (nSPS) is 11.7. The summed E-state index contributed by atoms with van der Waals surface area (Å²) in [5.41, 5.74) is 7.29. The van der Waals surface area contributed by atoms with E-state index in [2.05, 4.69) is 108 Å². The molecule has 2 heterocycles. The lowest BCUT2D eigenvalue weighted by atomic mass is 9.99. The van der Waals surface area contributed by atoms with Gasteiger partial charge in [-0.15, -0.1) is 0 Å². The third-order valence-electron chi connectivity index (χ3n) is 8.25. The molecule has 0 unspecified atom stereocenters. The maximum atomic E-state index is 6.49. The smallest absolute Gasteiger partial charge is 0.227 e. The van der Waals surface area contributed by atoms with E-state index in [0.29, 0.717) is 5.89 Å². The highest BCUT2D eigenvalue weighted by Gasteiger charge is 2.19. The Morgan fingerprint density at radius 1 is 0.442 bits per heavy atom. The molecule has 2 aromatic heterocycles. The van der Waals surface area contributed by atoms with Crippen LogP contribution < -0.4 is 4.90 Å². The van der Waals surface area contributed by atoms with Gasteiger partial charge < -0.3 is 13.7 Å². The molecule has 0 saturated heterocycles. The molecular formula is C39H24N2O2. The number of hydrogen-bond donors (Lipinski definition) is 0. The highest BCUT2D eigenvalue weighted by molar-refractivity contribution is 6.15. The molecule has 0 spiro atoms. The first-order chi connectivity index (χ1) is 21.3. The summed E-state index contributed by atoms with van der Waals surface area (Å²) < 4.78 is 12.7. The number of fused-ring (bicyclic) bond motifs is 7. The van der Waals surface area contributed by atoms with E-state index in [9.17, 15) is 0 Å². The van der Waals surface area contributed by atoms with E-state index in [4.69, 9.17) is 13.8 Å². The Kier molecular flexibility index (Phi) is 5.16. The van der Waals surface area contributed by atoms with Crippen LogP contribution in [0.1, 0.15) is 0 Å². The molecule has 0 aliphatic carbocycles. The molecular weight excluding hydrogens is 528 g/mol. The van der Waals surface area contributed by atoms with Crippen molar-refractivity contribution >= 4 is 71.6 Å². The Morgan fingerprint density at radius 2 is 1.14 bits per heavy atom. The standard InChI is InChI=1S/C39H24N2O2/c1-3-11-25(12-4-1)39-40-34-24-37-33(23-38(34)43-39)32-20-19-28(22-36(32)42-37)41(27-14-5-2-6-15-27)35-21-26-13-7-8-16-29(26)30-17-9-10-18-31(30)35/h1-24H. The Hall–Kier alpha value is -5.87. The Bertz CT molecular complexity index is 2460. The van der Waals surface area contributed by atoms with Crippen molar-refractivity contribution in [2.45, 2.75) is 0 Å². The van der Waals surface area contributed by atoms with Crippen LogP contribution >= 0.6 is 0 Å². The first kappa shape index (κ1) is 23.8. The number of anilines is 3. The van der Waals surface area contributed by atoms with E-state index >= 15 is 0 Å². The van der Waals surface area contributed by atoms with Crippen LogP contribution in [-0.4, -0.2) is 4.98 Å². The largest absolute Gasteiger partial charge is 0.456 e. The average Bonchev–Trinajstić information content (AvgIpc) is 3.65. The van der Waals surface area contributed by atoms with E-state index in [-0.39, 0.29) is 0 Å². The lowest BCUT2D eigenvalue weighted by Crippen LogP contribution is -2.10. The number of hydrogen-bond acceptors (Lipinski definition) is 4. The van der Waals surface area contributed by atoms with E-state index in [0.717, 1.165) is 55.7 Å². The summed E-state index contributed by atoms with van der Waals surface area (Å²) in [5, 5.41) is 6.91. The molecule has 4 heteroatoms. The predicted octanol–water partition coefficient (Wildman–Crippen LogP) is 11.2. The van der Waals surface area contributed by atoms with Crippen molar-refractivity contribution in [2.75, 3.05) is 4.90 Å². The van der Waals surface area contributed by atoms with Crippen LogP contribution in [0.15, 0.2) is 154 Å². The van der Waals surface area contributed by atoms with E-state index in [1.54, 1.807) is 0 Å². The molecule has 0 atom stereocenters. The minimum absolute atomic E-state index is 0.607. The minimum atomic E-state index is 0.607. The fraction of sp³-hybridized carbons (Fsp3) is 0. The van der Waals surface area contributed by atoms with Gasteiger partial charge in [0.25, 0.3) is 0 Å². The van der Waals surface area contributed by atoms with Crippen LogP contribution in [0.5, 0.6) is 0 Å². The maximum Gasteiger partial charge on any atom is 0.227 e. The number of nitrogens with zero attached hydrogens (tertiary/aromatic N) is 2. The molecule has 0 aliphatic rings. The predicted molar refractivity (Wildman–Crippen MR) is 176 cm³/mol. The summed E-state index contributed by atoms with van der Waals surface area (Å²) in [6.07, 6.45) is 0. The molecule has 0 radical (unpaired) electrons. The highest BCUT2D eigenvalue weighted by atomic mass is 16.4. The van der Waals surface area contributed by atoms with Gasteiger partial charge in [-0.3, -0.25) is 0 Å². The number of aromatic nitrogens is 1. The van der Waals surface area contributed by atoms with Gasteiger partial charge in [0.1, 0.15) is 16.7 Å². The van der Waals surface area contributed by atoms with Gasteiger partial charge >= 0.3 is 0 Å². The summed E-state index contributed by atoms with van der Waals surface area (Å²) in [4.78, 5) is 7.07. The summed E-state index contributed by atoms with van der Waals surface area (Å²) in [7, 11) is 0. The van der Waals surface area contributed by atoms with Crippen molar-refractivity contribution in [1.29, 1.82) is 0 Å². The molecule has 0 aliphatic heterocycles. The van der Waals surface area contributed by atoms with Crippen molar-refractivity contribution in [1.82, 2.24) is 4.98 Å².